The molecule has 0 spiro atoms. The van der Waals surface area contributed by atoms with Gasteiger partial charge in [0.15, 0.2) is 0 Å². The molecule has 4 aromatic carbocycles. The highest BCUT2D eigenvalue weighted by molar-refractivity contribution is 5.92. The van der Waals surface area contributed by atoms with E-state index in [0.29, 0.717) is 6.54 Å². The average Bonchev–Trinajstić information content (AvgIpc) is 3.87. The lowest BCUT2D eigenvalue weighted by molar-refractivity contribution is -0.127. The van der Waals surface area contributed by atoms with Gasteiger partial charge in [-0.2, -0.15) is 0 Å². The fourth-order valence-corrected chi connectivity index (χ4v) is 7.41. The van der Waals surface area contributed by atoms with E-state index in [0.717, 1.165) is 87.6 Å². The summed E-state index contributed by atoms with van der Waals surface area (Å²) in [5.74, 6) is 2.29. The van der Waals surface area contributed by atoms with E-state index in [4.69, 9.17) is 9.47 Å². The number of hydrogen-bond donors (Lipinski definition) is 1. The standard InChI is InChI=1S/C38H40N2O3.C2H6/c41-37(39-20-15-28-11-13-35-30(25-28)18-23-42-35)38(32-7-3-1-4-8-32,33-9-5-2-6-10-33)34-17-22-40(27-34)21-16-29-12-14-36-31(26-29)19-24-43-36;1-2/h1-14,25-26,34H,15-24,27H2,(H,39,41);1-2H3/t34-;/m1./s1. The molecule has 4 aromatic rings. The topological polar surface area (TPSA) is 50.8 Å². The lowest BCUT2D eigenvalue weighted by Crippen LogP contribution is -2.51. The van der Waals surface area contributed by atoms with E-state index in [1.165, 1.54) is 22.3 Å². The Balaban J connectivity index is 0.00000175. The highest BCUT2D eigenvalue weighted by Gasteiger charge is 2.50. The Labute approximate surface area is 268 Å². The van der Waals surface area contributed by atoms with Crippen LogP contribution in [0, 0.1) is 5.92 Å². The molecule has 0 aliphatic carbocycles. The van der Waals surface area contributed by atoms with Crippen molar-refractivity contribution in [1.82, 2.24) is 10.2 Å². The SMILES string of the molecule is CC.O=C(NCCc1ccc2c(c1)CCO2)C(c1ccccc1)(c1ccccc1)[C@@H]1CCN(CCc2ccc3c(c2)CCO3)C1. The molecule has 0 bridgehead atoms. The summed E-state index contributed by atoms with van der Waals surface area (Å²) in [6.07, 6.45) is 4.73. The molecule has 0 aromatic heterocycles. The second-order valence-corrected chi connectivity index (χ2v) is 12.2. The van der Waals surface area contributed by atoms with Crippen LogP contribution in [0.15, 0.2) is 97.1 Å². The maximum Gasteiger partial charge on any atom is 0.235 e. The van der Waals surface area contributed by atoms with Crippen molar-refractivity contribution in [2.24, 2.45) is 5.92 Å². The molecule has 0 radical (unpaired) electrons. The van der Waals surface area contributed by atoms with Gasteiger partial charge in [-0.25, -0.2) is 0 Å². The molecule has 1 saturated heterocycles. The minimum atomic E-state index is -0.770. The lowest BCUT2D eigenvalue weighted by atomic mass is 9.64. The Bertz CT molecular complexity index is 1530. The molecule has 5 heteroatoms. The van der Waals surface area contributed by atoms with Crippen LogP contribution in [0.5, 0.6) is 11.5 Å². The molecule has 0 saturated carbocycles. The molecule has 234 valence electrons. The highest BCUT2D eigenvalue weighted by atomic mass is 16.5. The number of nitrogens with one attached hydrogen (secondary N) is 1. The molecule has 45 heavy (non-hydrogen) atoms. The summed E-state index contributed by atoms with van der Waals surface area (Å²) < 4.78 is 11.4. The predicted molar refractivity (Wildman–Crippen MR) is 181 cm³/mol. The molecule has 1 atom stereocenters. The zero-order valence-electron chi connectivity index (χ0n) is 26.8. The van der Waals surface area contributed by atoms with Crippen molar-refractivity contribution in [2.45, 2.75) is 51.4 Å². The molecule has 1 N–H and O–H groups in total. The van der Waals surface area contributed by atoms with E-state index in [9.17, 15) is 4.79 Å². The molecule has 1 amide bonds. The van der Waals surface area contributed by atoms with Gasteiger partial charge in [0, 0.05) is 32.5 Å². The fourth-order valence-electron chi connectivity index (χ4n) is 7.41. The van der Waals surface area contributed by atoms with E-state index in [2.05, 4.69) is 95.1 Å². The number of rotatable bonds is 10. The minimum Gasteiger partial charge on any atom is -0.493 e. The Morgan fingerprint density at radius 3 is 1.91 bits per heavy atom. The Kier molecular flexibility index (Phi) is 9.85. The number of carbonyl (C=O) groups excluding carboxylic acids is 1. The molecule has 7 rings (SSSR count). The van der Waals surface area contributed by atoms with E-state index in [1.807, 2.05) is 26.0 Å². The second-order valence-electron chi connectivity index (χ2n) is 12.2. The van der Waals surface area contributed by atoms with Crippen molar-refractivity contribution >= 4 is 5.91 Å². The summed E-state index contributed by atoms with van der Waals surface area (Å²) in [5, 5.41) is 3.41. The van der Waals surface area contributed by atoms with Crippen molar-refractivity contribution in [3.05, 3.63) is 130 Å². The van der Waals surface area contributed by atoms with Gasteiger partial charge in [-0.3, -0.25) is 4.79 Å². The van der Waals surface area contributed by atoms with Crippen molar-refractivity contribution in [3.63, 3.8) is 0 Å². The maximum absolute atomic E-state index is 14.7. The largest absolute Gasteiger partial charge is 0.493 e. The van der Waals surface area contributed by atoms with Crippen molar-refractivity contribution in [3.8, 4) is 11.5 Å². The number of fused-ring (bicyclic) bond motifs is 2. The van der Waals surface area contributed by atoms with Crippen LogP contribution < -0.4 is 14.8 Å². The third-order valence-electron chi connectivity index (χ3n) is 9.62. The normalized spacial score (nSPS) is 17.0. The van der Waals surface area contributed by atoms with Crippen LogP contribution in [0.2, 0.25) is 0 Å². The number of hydrogen-bond acceptors (Lipinski definition) is 4. The van der Waals surface area contributed by atoms with Crippen molar-refractivity contribution in [1.29, 1.82) is 0 Å². The zero-order chi connectivity index (χ0) is 31.1. The van der Waals surface area contributed by atoms with Crippen molar-refractivity contribution < 1.29 is 14.3 Å². The fraction of sp³-hybridized carbons (Fsp3) is 0.375. The van der Waals surface area contributed by atoms with Gasteiger partial charge in [0.2, 0.25) is 5.91 Å². The summed E-state index contributed by atoms with van der Waals surface area (Å²) in [7, 11) is 0. The summed E-state index contributed by atoms with van der Waals surface area (Å²) >= 11 is 0. The number of benzene rings is 4. The van der Waals surface area contributed by atoms with Gasteiger partial charge in [0.1, 0.15) is 16.9 Å². The molecule has 3 heterocycles. The van der Waals surface area contributed by atoms with Crippen LogP contribution in [-0.4, -0.2) is 50.2 Å². The highest BCUT2D eigenvalue weighted by Crippen LogP contribution is 2.44. The smallest absolute Gasteiger partial charge is 0.235 e. The van der Waals surface area contributed by atoms with Crippen LogP contribution in [0.1, 0.15) is 53.6 Å². The number of amides is 1. The van der Waals surface area contributed by atoms with Gasteiger partial charge >= 0.3 is 0 Å². The molecule has 1 fully saturated rings. The third-order valence-corrected chi connectivity index (χ3v) is 9.62. The first-order chi connectivity index (χ1) is 22.2. The minimum absolute atomic E-state index is 0.0971. The predicted octanol–water partition coefficient (Wildman–Crippen LogP) is 6.79. The molecule has 0 unspecified atom stereocenters. The number of likely N-dealkylation sites (tertiary alicyclic amines) is 1. The molecular weight excluding hydrogens is 556 g/mol. The van der Waals surface area contributed by atoms with E-state index >= 15 is 0 Å². The molecule has 3 aliphatic heterocycles. The first kappa shape index (κ1) is 30.9. The van der Waals surface area contributed by atoms with Gasteiger partial charge < -0.3 is 19.7 Å². The monoisotopic (exact) mass is 602 g/mol. The van der Waals surface area contributed by atoms with Gasteiger partial charge in [-0.05, 0) is 77.2 Å². The van der Waals surface area contributed by atoms with Crippen molar-refractivity contribution in [2.75, 3.05) is 39.4 Å². The van der Waals surface area contributed by atoms with Crippen LogP contribution in [0.25, 0.3) is 0 Å². The zero-order valence-corrected chi connectivity index (χ0v) is 26.8. The summed E-state index contributed by atoms with van der Waals surface area (Å²) in [4.78, 5) is 17.2. The van der Waals surface area contributed by atoms with Gasteiger partial charge in [-0.1, -0.05) is 98.8 Å². The van der Waals surface area contributed by atoms with E-state index in [1.54, 1.807) is 0 Å². The summed E-state index contributed by atoms with van der Waals surface area (Å²) in [6, 6.07) is 34.0. The average molecular weight is 603 g/mol. The first-order valence-electron chi connectivity index (χ1n) is 16.8. The van der Waals surface area contributed by atoms with E-state index in [-0.39, 0.29) is 11.8 Å². The third kappa shape index (κ3) is 6.50. The summed E-state index contributed by atoms with van der Waals surface area (Å²) in [5.41, 5.74) is 6.56. The molecule has 5 nitrogen and oxygen atoms in total. The van der Waals surface area contributed by atoms with Crippen LogP contribution in [-0.2, 0) is 35.9 Å². The van der Waals surface area contributed by atoms with Gasteiger partial charge in [0.25, 0.3) is 0 Å². The van der Waals surface area contributed by atoms with Gasteiger partial charge in [0.05, 0.1) is 13.2 Å². The molecule has 3 aliphatic rings. The Hall–Kier alpha value is -4.09. The van der Waals surface area contributed by atoms with Crippen LogP contribution >= 0.6 is 0 Å². The second kappa shape index (κ2) is 14.3. The quantitative estimate of drug-likeness (QED) is 0.217. The van der Waals surface area contributed by atoms with E-state index < -0.39 is 5.41 Å². The van der Waals surface area contributed by atoms with Crippen LogP contribution in [0.3, 0.4) is 0 Å². The molecular formula is C40H46N2O3. The number of carbonyl (C=O) groups is 1. The Morgan fingerprint density at radius 1 is 0.778 bits per heavy atom. The van der Waals surface area contributed by atoms with Gasteiger partial charge in [-0.15, -0.1) is 0 Å². The summed E-state index contributed by atoms with van der Waals surface area (Å²) in [6.45, 7) is 9.00. The van der Waals surface area contributed by atoms with Crippen LogP contribution in [0.4, 0.5) is 0 Å². The lowest BCUT2D eigenvalue weighted by Gasteiger charge is -2.39. The number of ether oxygens (including phenoxy) is 2. The first-order valence-corrected chi connectivity index (χ1v) is 16.8. The number of nitrogens with zero attached hydrogens (tertiary/aromatic N) is 1. The maximum atomic E-state index is 14.7. The Morgan fingerprint density at radius 2 is 1.33 bits per heavy atom.